The summed E-state index contributed by atoms with van der Waals surface area (Å²) in [5, 5.41) is 3.38. The van der Waals surface area contributed by atoms with Crippen LogP contribution in [0.1, 0.15) is 78.2 Å². The van der Waals surface area contributed by atoms with Gasteiger partial charge in [0.05, 0.1) is 24.7 Å². The van der Waals surface area contributed by atoms with Crippen molar-refractivity contribution in [3.05, 3.63) is 52.4 Å². The number of para-hydroxylation sites is 1. The van der Waals surface area contributed by atoms with Crippen LogP contribution in [-0.2, 0) is 14.3 Å². The second-order valence-electron chi connectivity index (χ2n) is 9.24. The quantitative estimate of drug-likeness (QED) is 0.445. The van der Waals surface area contributed by atoms with Gasteiger partial charge in [0.15, 0.2) is 5.78 Å². The molecule has 1 heterocycles. The summed E-state index contributed by atoms with van der Waals surface area (Å²) in [7, 11) is 0. The fourth-order valence-corrected chi connectivity index (χ4v) is 4.62. The van der Waals surface area contributed by atoms with Crippen LogP contribution < -0.4 is 10.1 Å². The summed E-state index contributed by atoms with van der Waals surface area (Å²) < 4.78 is 11.5. The Kier molecular flexibility index (Phi) is 7.24. The van der Waals surface area contributed by atoms with Crippen molar-refractivity contribution < 1.29 is 19.1 Å². The molecule has 0 radical (unpaired) electrons. The molecular formula is C26H35NO4. The third kappa shape index (κ3) is 5.03. The molecule has 2 aliphatic rings. The molecule has 0 bridgehead atoms. The molecule has 31 heavy (non-hydrogen) atoms. The SMILES string of the molecule is CCCCCOC(=O)C1=C(C)NC2=C(C(=O)CC(C)(C)C2)C1c1ccccc1OCC. The van der Waals surface area contributed by atoms with E-state index in [1.807, 2.05) is 38.1 Å². The topological polar surface area (TPSA) is 64.6 Å². The molecule has 0 aromatic heterocycles. The first-order valence-electron chi connectivity index (χ1n) is 11.4. The van der Waals surface area contributed by atoms with Gasteiger partial charge in [-0.1, -0.05) is 51.8 Å². The molecule has 1 unspecified atom stereocenters. The summed E-state index contributed by atoms with van der Waals surface area (Å²) in [6.45, 7) is 11.1. The van der Waals surface area contributed by atoms with E-state index < -0.39 is 5.92 Å². The Labute approximate surface area is 185 Å². The average molecular weight is 426 g/mol. The van der Waals surface area contributed by atoms with Crippen LogP contribution in [0.5, 0.6) is 5.75 Å². The van der Waals surface area contributed by atoms with E-state index >= 15 is 0 Å². The molecule has 0 fully saturated rings. The van der Waals surface area contributed by atoms with Crippen molar-refractivity contribution in [2.45, 2.75) is 72.6 Å². The smallest absolute Gasteiger partial charge is 0.336 e. The van der Waals surface area contributed by atoms with Crippen LogP contribution in [0.4, 0.5) is 0 Å². The second kappa shape index (κ2) is 9.71. The number of Topliss-reactive ketones (excluding diaryl/α,β-unsaturated/α-hetero) is 1. The highest BCUT2D eigenvalue weighted by Gasteiger charge is 2.43. The van der Waals surface area contributed by atoms with E-state index in [0.29, 0.717) is 36.5 Å². The van der Waals surface area contributed by atoms with Gasteiger partial charge in [0.25, 0.3) is 0 Å². The standard InChI is InChI=1S/C26H35NO4/c1-6-8-11-14-31-25(29)22-17(3)27-19-15-26(4,5)16-20(28)24(19)23(22)18-12-9-10-13-21(18)30-7-2/h9-10,12-13,23,27H,6-8,11,14-16H2,1-5H3. The van der Waals surface area contributed by atoms with Crippen molar-refractivity contribution >= 4 is 11.8 Å². The summed E-state index contributed by atoms with van der Waals surface area (Å²) in [5.74, 6) is -0.0628. The Balaban J connectivity index is 2.08. The summed E-state index contributed by atoms with van der Waals surface area (Å²) in [6.07, 6.45) is 4.13. The van der Waals surface area contributed by atoms with Crippen LogP contribution in [0.25, 0.3) is 0 Å². The van der Waals surface area contributed by atoms with Crippen LogP contribution in [0.15, 0.2) is 46.8 Å². The van der Waals surface area contributed by atoms with Gasteiger partial charge in [-0.25, -0.2) is 4.79 Å². The number of ether oxygens (including phenoxy) is 2. The summed E-state index contributed by atoms with van der Waals surface area (Å²) >= 11 is 0. The molecule has 0 spiro atoms. The first kappa shape index (κ1) is 23.1. The number of carbonyl (C=O) groups excluding carboxylic acids is 2. The molecule has 1 aliphatic heterocycles. The van der Waals surface area contributed by atoms with Crippen molar-refractivity contribution in [2.75, 3.05) is 13.2 Å². The lowest BCUT2D eigenvalue weighted by Crippen LogP contribution is -2.38. The molecule has 1 atom stereocenters. The number of ketones is 1. The van der Waals surface area contributed by atoms with E-state index in [1.165, 1.54) is 0 Å². The minimum atomic E-state index is -0.485. The zero-order chi connectivity index (χ0) is 22.6. The highest BCUT2D eigenvalue weighted by molar-refractivity contribution is 6.04. The van der Waals surface area contributed by atoms with E-state index in [9.17, 15) is 9.59 Å². The van der Waals surface area contributed by atoms with E-state index in [4.69, 9.17) is 9.47 Å². The monoisotopic (exact) mass is 425 g/mol. The fourth-order valence-electron chi connectivity index (χ4n) is 4.62. The van der Waals surface area contributed by atoms with Crippen LogP contribution in [0, 0.1) is 5.41 Å². The lowest BCUT2D eigenvalue weighted by atomic mass is 9.68. The molecule has 1 N–H and O–H groups in total. The molecule has 0 amide bonds. The molecule has 5 nitrogen and oxygen atoms in total. The third-order valence-corrected chi connectivity index (χ3v) is 5.97. The van der Waals surface area contributed by atoms with Gasteiger partial charge in [-0.2, -0.15) is 0 Å². The van der Waals surface area contributed by atoms with E-state index in [2.05, 4.69) is 26.1 Å². The molecule has 1 aliphatic carbocycles. The van der Waals surface area contributed by atoms with Gasteiger partial charge in [0.1, 0.15) is 5.75 Å². The van der Waals surface area contributed by atoms with Crippen molar-refractivity contribution in [2.24, 2.45) is 5.41 Å². The highest BCUT2D eigenvalue weighted by Crippen LogP contribution is 2.48. The Morgan fingerprint density at radius 2 is 1.90 bits per heavy atom. The molecular weight excluding hydrogens is 390 g/mol. The summed E-state index contributed by atoms with van der Waals surface area (Å²) in [4.78, 5) is 26.6. The van der Waals surface area contributed by atoms with Gasteiger partial charge in [0, 0.05) is 29.0 Å². The van der Waals surface area contributed by atoms with Gasteiger partial charge in [-0.3, -0.25) is 4.79 Å². The van der Waals surface area contributed by atoms with Crippen molar-refractivity contribution in [3.8, 4) is 5.75 Å². The highest BCUT2D eigenvalue weighted by atomic mass is 16.5. The van der Waals surface area contributed by atoms with Gasteiger partial charge in [-0.05, 0) is 38.2 Å². The minimum Gasteiger partial charge on any atom is -0.494 e. The number of esters is 1. The van der Waals surface area contributed by atoms with Gasteiger partial charge < -0.3 is 14.8 Å². The number of allylic oxidation sites excluding steroid dienone is 3. The van der Waals surface area contributed by atoms with Crippen molar-refractivity contribution in [3.63, 3.8) is 0 Å². The molecule has 5 heteroatoms. The van der Waals surface area contributed by atoms with Crippen LogP contribution in [0.2, 0.25) is 0 Å². The number of unbranched alkanes of at least 4 members (excludes halogenated alkanes) is 2. The van der Waals surface area contributed by atoms with Gasteiger partial charge >= 0.3 is 5.97 Å². The number of hydrogen-bond donors (Lipinski definition) is 1. The van der Waals surface area contributed by atoms with E-state index in [0.717, 1.165) is 42.6 Å². The molecule has 0 saturated carbocycles. The first-order chi connectivity index (χ1) is 14.8. The maximum atomic E-state index is 13.4. The first-order valence-corrected chi connectivity index (χ1v) is 11.4. The van der Waals surface area contributed by atoms with Crippen molar-refractivity contribution in [1.29, 1.82) is 0 Å². The Hall–Kier alpha value is -2.56. The predicted octanol–water partition coefficient (Wildman–Crippen LogP) is 5.42. The number of hydrogen-bond acceptors (Lipinski definition) is 5. The number of carbonyl (C=O) groups is 2. The fraction of sp³-hybridized carbons (Fsp3) is 0.538. The summed E-state index contributed by atoms with van der Waals surface area (Å²) in [5.41, 5.74) is 3.57. The zero-order valence-corrected chi connectivity index (χ0v) is 19.5. The lowest BCUT2D eigenvalue weighted by Gasteiger charge is -2.39. The normalized spacial score (nSPS) is 20.3. The zero-order valence-electron chi connectivity index (χ0n) is 19.5. The minimum absolute atomic E-state index is 0.0823. The van der Waals surface area contributed by atoms with Crippen LogP contribution in [0.3, 0.4) is 0 Å². The Morgan fingerprint density at radius 1 is 1.16 bits per heavy atom. The predicted molar refractivity (Wildman–Crippen MR) is 122 cm³/mol. The third-order valence-electron chi connectivity index (χ3n) is 5.97. The number of nitrogens with one attached hydrogen (secondary N) is 1. The Bertz CT molecular complexity index is 910. The number of benzene rings is 1. The number of rotatable bonds is 8. The Morgan fingerprint density at radius 3 is 2.61 bits per heavy atom. The van der Waals surface area contributed by atoms with Crippen LogP contribution >= 0.6 is 0 Å². The summed E-state index contributed by atoms with van der Waals surface area (Å²) in [6, 6.07) is 7.70. The molecule has 0 saturated heterocycles. The molecule has 3 rings (SSSR count). The van der Waals surface area contributed by atoms with E-state index in [1.54, 1.807) is 0 Å². The lowest BCUT2D eigenvalue weighted by molar-refractivity contribution is -0.139. The molecule has 1 aromatic rings. The average Bonchev–Trinajstić information content (AvgIpc) is 2.70. The molecule has 168 valence electrons. The largest absolute Gasteiger partial charge is 0.494 e. The number of dihydropyridines is 1. The van der Waals surface area contributed by atoms with Gasteiger partial charge in [-0.15, -0.1) is 0 Å². The molecule has 1 aromatic carbocycles. The van der Waals surface area contributed by atoms with E-state index in [-0.39, 0.29) is 17.2 Å². The maximum Gasteiger partial charge on any atom is 0.336 e. The second-order valence-corrected chi connectivity index (χ2v) is 9.24. The maximum absolute atomic E-state index is 13.4. The van der Waals surface area contributed by atoms with Gasteiger partial charge in [0.2, 0.25) is 0 Å². The van der Waals surface area contributed by atoms with Crippen molar-refractivity contribution in [1.82, 2.24) is 5.32 Å². The van der Waals surface area contributed by atoms with Crippen LogP contribution in [-0.4, -0.2) is 25.0 Å².